The summed E-state index contributed by atoms with van der Waals surface area (Å²) in [6.45, 7) is 10.5. The molecule has 0 bridgehead atoms. The fourth-order valence-corrected chi connectivity index (χ4v) is 4.39. The molecule has 0 aliphatic carbocycles. The van der Waals surface area contributed by atoms with Gasteiger partial charge in [0, 0.05) is 10.5 Å². The molecule has 0 aromatic heterocycles. The quantitative estimate of drug-likeness (QED) is 0.358. The first-order valence-corrected chi connectivity index (χ1v) is 10.4. The van der Waals surface area contributed by atoms with Gasteiger partial charge in [-0.15, -0.1) is 0 Å². The zero-order valence-electron chi connectivity index (χ0n) is 17.4. The lowest BCUT2D eigenvalue weighted by atomic mass is 9.85. The lowest BCUT2D eigenvalue weighted by molar-refractivity contribution is -0.736. The number of allylic oxidation sites excluding steroid dienone is 1. The van der Waals surface area contributed by atoms with Crippen LogP contribution in [-0.4, -0.2) is 16.7 Å². The highest BCUT2D eigenvalue weighted by Crippen LogP contribution is 2.35. The van der Waals surface area contributed by atoms with Crippen LogP contribution in [0.15, 0.2) is 98.1 Å². The topological polar surface area (TPSA) is 35.3 Å². The van der Waals surface area contributed by atoms with Gasteiger partial charge in [-0.25, -0.2) is 0 Å². The molecular weight excluding hydrogens is 382 g/mol. The molecule has 0 spiro atoms. The minimum absolute atomic E-state index is 0.171. The van der Waals surface area contributed by atoms with Crippen molar-refractivity contribution in [3.8, 4) is 0 Å². The van der Waals surface area contributed by atoms with Gasteiger partial charge in [-0.2, -0.15) is 0 Å². The van der Waals surface area contributed by atoms with Gasteiger partial charge >= 0.3 is 0 Å². The molecule has 3 nitrogen and oxygen atoms in total. The van der Waals surface area contributed by atoms with Crippen LogP contribution >= 0.6 is 0 Å². The van der Waals surface area contributed by atoms with Crippen molar-refractivity contribution >= 4 is 38.4 Å². The van der Waals surface area contributed by atoms with Crippen molar-refractivity contribution < 1.29 is 9.74 Å². The lowest BCUT2D eigenvalue weighted by Gasteiger charge is -2.19. The summed E-state index contributed by atoms with van der Waals surface area (Å²) in [6.07, 6.45) is -0.439. The minimum atomic E-state index is -0.439. The van der Waals surface area contributed by atoms with Gasteiger partial charge < -0.3 is 4.84 Å². The first-order valence-electron chi connectivity index (χ1n) is 10.4. The highest BCUT2D eigenvalue weighted by Gasteiger charge is 2.40. The smallest absolute Gasteiger partial charge is 0.256 e. The van der Waals surface area contributed by atoms with E-state index in [4.69, 9.17) is 4.84 Å². The third-order valence-electron chi connectivity index (χ3n) is 6.16. The van der Waals surface area contributed by atoms with E-state index in [1.807, 2.05) is 43.3 Å². The van der Waals surface area contributed by atoms with E-state index in [0.29, 0.717) is 16.2 Å². The molecule has 0 radical (unpaired) electrons. The summed E-state index contributed by atoms with van der Waals surface area (Å²) in [6, 6.07) is 28.7. The zero-order chi connectivity index (χ0) is 21.5. The highest BCUT2D eigenvalue weighted by molar-refractivity contribution is 6.23. The Morgan fingerprint density at radius 2 is 1.29 bits per heavy atom. The lowest BCUT2D eigenvalue weighted by Crippen LogP contribution is -2.22. The van der Waals surface area contributed by atoms with Crippen LogP contribution in [0.3, 0.4) is 0 Å². The van der Waals surface area contributed by atoms with E-state index in [9.17, 15) is 5.21 Å². The van der Waals surface area contributed by atoms with E-state index in [-0.39, 0.29) is 5.92 Å². The van der Waals surface area contributed by atoms with Crippen LogP contribution in [0.4, 0.5) is 0 Å². The van der Waals surface area contributed by atoms with Gasteiger partial charge in [0.25, 0.3) is 5.71 Å². The van der Waals surface area contributed by atoms with Crippen molar-refractivity contribution in [1.29, 1.82) is 0 Å². The second kappa shape index (κ2) is 7.44. The Balaban J connectivity index is 1.43. The third kappa shape index (κ3) is 3.28. The summed E-state index contributed by atoms with van der Waals surface area (Å²) in [7, 11) is 0. The standard InChI is InChI=1S/C28H23NO2/c1-18(23-14-12-21-8-4-6-10-25(21)16-23)27-20(3)28(31-29(27)30)19(2)24-15-13-22-9-5-7-11-26(22)17-24/h4-17,20,28H,1-2H2,3H3/t20-,28+/m1/s1. The molecule has 0 saturated carbocycles. The fraction of sp³-hybridized carbons (Fsp3) is 0.107. The number of benzene rings is 4. The number of rotatable bonds is 4. The first kappa shape index (κ1) is 19.1. The SMILES string of the molecule is C=C(C1=[N+]([O-])O[C@@H](C(=C)c2ccc3ccccc3c2)[C@@H]1C)c1ccc2ccccc2c1. The van der Waals surface area contributed by atoms with Crippen LogP contribution in [0.2, 0.25) is 0 Å². The molecule has 1 aliphatic rings. The van der Waals surface area contributed by atoms with Gasteiger partial charge in [0.05, 0.1) is 5.92 Å². The number of hydrogen-bond acceptors (Lipinski definition) is 2. The van der Waals surface area contributed by atoms with Crippen molar-refractivity contribution in [3.05, 3.63) is 114 Å². The molecule has 0 fully saturated rings. The molecule has 0 N–H and O–H groups in total. The molecule has 31 heavy (non-hydrogen) atoms. The second-order valence-electron chi connectivity index (χ2n) is 8.08. The molecule has 5 rings (SSSR count). The molecular formula is C28H23NO2. The van der Waals surface area contributed by atoms with Crippen LogP contribution in [0, 0.1) is 11.1 Å². The average molecular weight is 405 g/mol. The minimum Gasteiger partial charge on any atom is -0.394 e. The van der Waals surface area contributed by atoms with Crippen molar-refractivity contribution in [3.63, 3.8) is 0 Å². The molecule has 4 aromatic carbocycles. The number of nitrogens with zero attached hydrogens (tertiary/aromatic N) is 1. The fourth-order valence-electron chi connectivity index (χ4n) is 4.39. The molecule has 1 aliphatic heterocycles. The van der Waals surface area contributed by atoms with Crippen molar-refractivity contribution in [2.45, 2.75) is 13.0 Å². The Morgan fingerprint density at radius 3 is 1.90 bits per heavy atom. The maximum absolute atomic E-state index is 12.8. The van der Waals surface area contributed by atoms with Crippen molar-refractivity contribution in [2.75, 3.05) is 0 Å². The van der Waals surface area contributed by atoms with Crippen LogP contribution < -0.4 is 0 Å². The van der Waals surface area contributed by atoms with E-state index < -0.39 is 6.10 Å². The van der Waals surface area contributed by atoms with Gasteiger partial charge in [0.1, 0.15) is 6.10 Å². The molecule has 4 aromatic rings. The Morgan fingerprint density at radius 1 is 0.774 bits per heavy atom. The van der Waals surface area contributed by atoms with Crippen LogP contribution in [0.25, 0.3) is 32.7 Å². The Bertz CT molecular complexity index is 1380. The number of fused-ring (bicyclic) bond motifs is 2. The summed E-state index contributed by atoms with van der Waals surface area (Å²) < 4.78 is 0. The van der Waals surface area contributed by atoms with Crippen LogP contribution in [0.5, 0.6) is 0 Å². The van der Waals surface area contributed by atoms with Crippen LogP contribution in [-0.2, 0) is 4.84 Å². The average Bonchev–Trinajstić information content (AvgIpc) is 3.11. The molecule has 3 heteroatoms. The van der Waals surface area contributed by atoms with Gasteiger partial charge in [0.15, 0.2) is 0 Å². The van der Waals surface area contributed by atoms with Crippen molar-refractivity contribution in [1.82, 2.24) is 0 Å². The maximum Gasteiger partial charge on any atom is 0.256 e. The predicted octanol–water partition coefficient (Wildman–Crippen LogP) is 6.62. The monoisotopic (exact) mass is 405 g/mol. The zero-order valence-corrected chi connectivity index (χ0v) is 17.4. The van der Waals surface area contributed by atoms with Gasteiger partial charge in [-0.1, -0.05) is 92.9 Å². The summed E-state index contributed by atoms with van der Waals surface area (Å²) in [5, 5.41) is 17.3. The molecule has 0 amide bonds. The van der Waals surface area contributed by atoms with Crippen LogP contribution in [0.1, 0.15) is 18.1 Å². The summed E-state index contributed by atoms with van der Waals surface area (Å²) >= 11 is 0. The summed E-state index contributed by atoms with van der Waals surface area (Å²) in [4.78, 5) is 6.35. The Labute approximate surface area is 181 Å². The van der Waals surface area contributed by atoms with Crippen molar-refractivity contribution in [2.24, 2.45) is 5.92 Å². The van der Waals surface area contributed by atoms with E-state index in [1.165, 1.54) is 5.39 Å². The second-order valence-corrected chi connectivity index (χ2v) is 8.08. The first-order chi connectivity index (χ1) is 15.0. The van der Waals surface area contributed by atoms with Gasteiger partial charge in [-0.3, -0.25) is 5.21 Å². The summed E-state index contributed by atoms with van der Waals surface area (Å²) in [5.41, 5.74) is 3.91. The maximum atomic E-state index is 12.8. The molecule has 1 heterocycles. The highest BCUT2D eigenvalue weighted by atomic mass is 16.9. The molecule has 0 saturated heterocycles. The summed E-state index contributed by atoms with van der Waals surface area (Å²) in [5.74, 6) is -0.171. The number of hydrogen-bond donors (Lipinski definition) is 0. The van der Waals surface area contributed by atoms with Gasteiger partial charge in [0.2, 0.25) is 0 Å². The molecule has 0 unspecified atom stereocenters. The van der Waals surface area contributed by atoms with E-state index >= 15 is 0 Å². The Hall–Kier alpha value is -3.85. The molecule has 152 valence electrons. The van der Waals surface area contributed by atoms with E-state index in [2.05, 4.69) is 61.7 Å². The molecule has 2 atom stereocenters. The van der Waals surface area contributed by atoms with E-state index in [1.54, 1.807) is 0 Å². The van der Waals surface area contributed by atoms with E-state index in [0.717, 1.165) is 32.9 Å². The normalized spacial score (nSPS) is 18.4. The van der Waals surface area contributed by atoms with Gasteiger partial charge in [-0.05, 0) is 50.4 Å². The third-order valence-corrected chi connectivity index (χ3v) is 6.16. The Kier molecular flexibility index (Phi) is 4.59. The largest absolute Gasteiger partial charge is 0.394 e. The predicted molar refractivity (Wildman–Crippen MR) is 129 cm³/mol.